The first-order chi connectivity index (χ1) is 9.82. The normalized spacial score (nSPS) is 20.0. The first-order valence-corrected chi connectivity index (χ1v) is 7.26. The lowest BCUT2D eigenvalue weighted by Crippen LogP contribution is -2.41. The number of hydrogen-bond donors (Lipinski definition) is 0. The zero-order valence-electron chi connectivity index (χ0n) is 13.3. The maximum Gasteiger partial charge on any atom is 0.494 e. The van der Waals surface area contributed by atoms with E-state index in [1.54, 1.807) is 7.11 Å². The number of fused-ring (bicyclic) bond motifs is 1. The zero-order chi connectivity index (χ0) is 15.3. The number of hydrogen-bond acceptors (Lipinski definition) is 3. The second-order valence-electron chi connectivity index (χ2n) is 6.56. The largest absolute Gasteiger partial charge is 0.497 e. The van der Waals surface area contributed by atoms with Crippen LogP contribution in [0.25, 0.3) is 10.8 Å². The summed E-state index contributed by atoms with van der Waals surface area (Å²) in [5, 5.41) is 2.30. The second-order valence-corrected chi connectivity index (χ2v) is 6.56. The quantitative estimate of drug-likeness (QED) is 0.793. The van der Waals surface area contributed by atoms with Gasteiger partial charge in [-0.05, 0) is 56.1 Å². The molecule has 1 aliphatic rings. The summed E-state index contributed by atoms with van der Waals surface area (Å²) in [6, 6.07) is 12.3. The fourth-order valence-electron chi connectivity index (χ4n) is 2.50. The van der Waals surface area contributed by atoms with E-state index in [0.29, 0.717) is 0 Å². The Balaban J connectivity index is 1.96. The molecule has 0 amide bonds. The summed E-state index contributed by atoms with van der Waals surface area (Å²) in [5.74, 6) is 0.867. The molecule has 0 unspecified atom stereocenters. The van der Waals surface area contributed by atoms with Crippen LogP contribution in [-0.4, -0.2) is 25.4 Å². The topological polar surface area (TPSA) is 27.7 Å². The van der Waals surface area contributed by atoms with Gasteiger partial charge < -0.3 is 14.0 Å². The molecule has 110 valence electrons. The maximum absolute atomic E-state index is 6.10. The molecule has 0 aromatic heterocycles. The summed E-state index contributed by atoms with van der Waals surface area (Å²) in [6.07, 6.45) is 0. The van der Waals surface area contributed by atoms with Gasteiger partial charge in [-0.1, -0.05) is 24.3 Å². The minimum Gasteiger partial charge on any atom is -0.497 e. The van der Waals surface area contributed by atoms with E-state index in [4.69, 9.17) is 14.0 Å². The Morgan fingerprint density at radius 3 is 2.05 bits per heavy atom. The van der Waals surface area contributed by atoms with Crippen LogP contribution in [0.3, 0.4) is 0 Å². The molecule has 0 N–H and O–H groups in total. The van der Waals surface area contributed by atoms with Crippen molar-refractivity contribution in [2.75, 3.05) is 7.11 Å². The molecule has 1 saturated heterocycles. The lowest BCUT2D eigenvalue weighted by molar-refractivity contribution is 0.00578. The van der Waals surface area contributed by atoms with Gasteiger partial charge in [-0.2, -0.15) is 0 Å². The smallest absolute Gasteiger partial charge is 0.494 e. The predicted molar refractivity (Wildman–Crippen MR) is 86.2 cm³/mol. The molecule has 2 aromatic rings. The standard InChI is InChI=1S/C17H21BO3/c1-16(2)17(3,4)21-18(20-16)14-8-6-13-11-15(19-5)9-7-12(13)10-14/h6-11H,1-5H3. The Kier molecular flexibility index (Phi) is 3.26. The third kappa shape index (κ3) is 2.43. The Bertz CT molecular complexity index is 663. The molecule has 1 fully saturated rings. The SMILES string of the molecule is COc1ccc2cc(B3OC(C)(C)C(C)(C)O3)ccc2c1. The van der Waals surface area contributed by atoms with Crippen LogP contribution in [0.1, 0.15) is 27.7 Å². The van der Waals surface area contributed by atoms with Crippen molar-refractivity contribution in [2.45, 2.75) is 38.9 Å². The first-order valence-electron chi connectivity index (χ1n) is 7.26. The van der Waals surface area contributed by atoms with Gasteiger partial charge in [0.25, 0.3) is 0 Å². The molecule has 1 aliphatic heterocycles. The molecular weight excluding hydrogens is 263 g/mol. The molecule has 0 radical (unpaired) electrons. The molecule has 1 heterocycles. The van der Waals surface area contributed by atoms with E-state index in [-0.39, 0.29) is 18.3 Å². The van der Waals surface area contributed by atoms with Crippen molar-refractivity contribution in [2.24, 2.45) is 0 Å². The van der Waals surface area contributed by atoms with Gasteiger partial charge in [-0.25, -0.2) is 0 Å². The molecule has 0 saturated carbocycles. The van der Waals surface area contributed by atoms with Gasteiger partial charge in [0.15, 0.2) is 0 Å². The molecule has 2 aromatic carbocycles. The molecule has 3 nitrogen and oxygen atoms in total. The van der Waals surface area contributed by atoms with Crippen LogP contribution < -0.4 is 10.2 Å². The summed E-state index contributed by atoms with van der Waals surface area (Å²) >= 11 is 0. The van der Waals surface area contributed by atoms with Crippen LogP contribution in [0.4, 0.5) is 0 Å². The van der Waals surface area contributed by atoms with E-state index in [0.717, 1.165) is 22.0 Å². The van der Waals surface area contributed by atoms with Crippen LogP contribution in [0.2, 0.25) is 0 Å². The van der Waals surface area contributed by atoms with Crippen LogP contribution in [0, 0.1) is 0 Å². The average Bonchev–Trinajstić information content (AvgIpc) is 2.66. The van der Waals surface area contributed by atoms with E-state index in [1.165, 1.54) is 0 Å². The minimum absolute atomic E-state index is 0.313. The minimum atomic E-state index is -0.318. The van der Waals surface area contributed by atoms with Crippen molar-refractivity contribution in [3.05, 3.63) is 36.4 Å². The predicted octanol–water partition coefficient (Wildman–Crippen LogP) is 3.15. The molecular formula is C17H21BO3. The summed E-state index contributed by atoms with van der Waals surface area (Å²) in [6.45, 7) is 8.27. The van der Waals surface area contributed by atoms with E-state index >= 15 is 0 Å². The highest BCUT2D eigenvalue weighted by Gasteiger charge is 2.51. The highest BCUT2D eigenvalue weighted by atomic mass is 16.7. The Morgan fingerprint density at radius 1 is 0.857 bits per heavy atom. The number of methoxy groups -OCH3 is 1. The van der Waals surface area contributed by atoms with Crippen molar-refractivity contribution in [1.82, 2.24) is 0 Å². The van der Waals surface area contributed by atoms with Crippen LogP contribution in [-0.2, 0) is 9.31 Å². The van der Waals surface area contributed by atoms with Crippen molar-refractivity contribution in [3.8, 4) is 5.75 Å². The van der Waals surface area contributed by atoms with Crippen LogP contribution >= 0.6 is 0 Å². The molecule has 0 bridgehead atoms. The number of benzene rings is 2. The highest BCUT2D eigenvalue weighted by molar-refractivity contribution is 6.62. The first kappa shape index (κ1) is 14.4. The van der Waals surface area contributed by atoms with Gasteiger partial charge in [0.1, 0.15) is 5.75 Å². The molecule has 21 heavy (non-hydrogen) atoms. The molecule has 0 atom stereocenters. The fourth-order valence-corrected chi connectivity index (χ4v) is 2.50. The van der Waals surface area contributed by atoms with Gasteiger partial charge in [-0.3, -0.25) is 0 Å². The monoisotopic (exact) mass is 284 g/mol. The van der Waals surface area contributed by atoms with E-state index in [1.807, 2.05) is 12.1 Å². The number of ether oxygens (including phenoxy) is 1. The fraction of sp³-hybridized carbons (Fsp3) is 0.412. The van der Waals surface area contributed by atoms with E-state index < -0.39 is 0 Å². The third-order valence-electron chi connectivity index (χ3n) is 4.60. The molecule has 3 rings (SSSR count). The third-order valence-corrected chi connectivity index (χ3v) is 4.60. The van der Waals surface area contributed by atoms with Crippen LogP contribution in [0.15, 0.2) is 36.4 Å². The second kappa shape index (κ2) is 4.75. The maximum atomic E-state index is 6.10. The van der Waals surface area contributed by atoms with E-state index in [2.05, 4.69) is 52.0 Å². The van der Waals surface area contributed by atoms with Crippen molar-refractivity contribution in [1.29, 1.82) is 0 Å². The lowest BCUT2D eigenvalue weighted by atomic mass is 9.78. The van der Waals surface area contributed by atoms with Crippen molar-refractivity contribution >= 4 is 23.4 Å². The van der Waals surface area contributed by atoms with Gasteiger partial charge in [0.2, 0.25) is 0 Å². The van der Waals surface area contributed by atoms with Gasteiger partial charge in [-0.15, -0.1) is 0 Å². The summed E-state index contributed by atoms with van der Waals surface area (Å²) in [4.78, 5) is 0. The molecule has 4 heteroatoms. The van der Waals surface area contributed by atoms with Gasteiger partial charge in [0, 0.05) is 0 Å². The molecule has 0 aliphatic carbocycles. The summed E-state index contributed by atoms with van der Waals surface area (Å²) in [5.41, 5.74) is 0.422. The molecule has 0 spiro atoms. The Morgan fingerprint density at radius 2 is 1.43 bits per heavy atom. The Labute approximate surface area is 126 Å². The van der Waals surface area contributed by atoms with Crippen molar-refractivity contribution in [3.63, 3.8) is 0 Å². The van der Waals surface area contributed by atoms with E-state index in [9.17, 15) is 0 Å². The highest BCUT2D eigenvalue weighted by Crippen LogP contribution is 2.36. The van der Waals surface area contributed by atoms with Gasteiger partial charge in [0.05, 0.1) is 18.3 Å². The van der Waals surface area contributed by atoms with Crippen molar-refractivity contribution < 1.29 is 14.0 Å². The van der Waals surface area contributed by atoms with Gasteiger partial charge >= 0.3 is 7.12 Å². The zero-order valence-corrected chi connectivity index (χ0v) is 13.3. The summed E-state index contributed by atoms with van der Waals surface area (Å²) in [7, 11) is 1.36. The average molecular weight is 284 g/mol. The van der Waals surface area contributed by atoms with Crippen LogP contribution in [0.5, 0.6) is 5.75 Å². The number of rotatable bonds is 2. The lowest BCUT2D eigenvalue weighted by Gasteiger charge is -2.32. The Hall–Kier alpha value is -1.52. The summed E-state index contributed by atoms with van der Waals surface area (Å²) < 4.78 is 17.5.